The molecule has 1 amide bonds. The fourth-order valence-electron chi connectivity index (χ4n) is 3.28. The van der Waals surface area contributed by atoms with E-state index in [-0.39, 0.29) is 11.7 Å². The number of carbonyl (C=O) groups excluding carboxylic acids is 1. The molecule has 1 aromatic heterocycles. The van der Waals surface area contributed by atoms with Gasteiger partial charge in [0.05, 0.1) is 17.7 Å². The second-order valence-electron chi connectivity index (χ2n) is 7.41. The lowest BCUT2D eigenvalue weighted by Crippen LogP contribution is -2.26. The molecule has 1 heterocycles. The second kappa shape index (κ2) is 10.9. The van der Waals surface area contributed by atoms with Crippen LogP contribution in [0.15, 0.2) is 52.6 Å². The van der Waals surface area contributed by atoms with E-state index in [1.807, 2.05) is 50.4 Å². The summed E-state index contributed by atoms with van der Waals surface area (Å²) in [5.74, 6) is 0.714. The molecule has 0 aliphatic carbocycles. The molecule has 0 radical (unpaired) electrons. The Kier molecular flexibility index (Phi) is 7.96. The van der Waals surface area contributed by atoms with Gasteiger partial charge in [0.25, 0.3) is 5.91 Å². The third kappa shape index (κ3) is 5.51. The molecule has 3 aromatic rings. The molecule has 6 nitrogen and oxygen atoms in total. The van der Waals surface area contributed by atoms with Crippen molar-refractivity contribution in [1.82, 2.24) is 10.3 Å². The lowest BCUT2D eigenvalue weighted by Gasteiger charge is -2.17. The van der Waals surface area contributed by atoms with E-state index in [1.165, 1.54) is 0 Å². The standard InChI is InChI=1S/C25H26BrN3O3/c1-4-16(2)32-24-21(26)12-17(13-23(24)31-3)11-19(14-27)25(30)28-10-9-18-15-29-22-8-6-5-7-20(18)22/h5-8,11-13,15-16,29H,4,9-10H2,1-3H3,(H,28,30)/b19-11-/t16-/m1/s1. The van der Waals surface area contributed by atoms with E-state index in [4.69, 9.17) is 9.47 Å². The maximum atomic E-state index is 12.6. The Labute approximate surface area is 196 Å². The lowest BCUT2D eigenvalue weighted by molar-refractivity contribution is -0.117. The van der Waals surface area contributed by atoms with Gasteiger partial charge in [-0.3, -0.25) is 4.79 Å². The summed E-state index contributed by atoms with van der Waals surface area (Å²) in [5, 5.41) is 13.5. The van der Waals surface area contributed by atoms with Crippen molar-refractivity contribution in [3.05, 3.63) is 63.8 Å². The Morgan fingerprint density at radius 2 is 2.12 bits per heavy atom. The van der Waals surface area contributed by atoms with E-state index in [9.17, 15) is 10.1 Å². The first-order chi connectivity index (χ1) is 15.5. The van der Waals surface area contributed by atoms with Crippen LogP contribution in [0, 0.1) is 11.3 Å². The fraction of sp³-hybridized carbons (Fsp3) is 0.280. The molecule has 0 aliphatic rings. The van der Waals surface area contributed by atoms with E-state index in [1.54, 1.807) is 25.3 Å². The van der Waals surface area contributed by atoms with Crippen molar-refractivity contribution < 1.29 is 14.3 Å². The molecule has 0 saturated carbocycles. The molecule has 2 N–H and O–H groups in total. The molecular formula is C25H26BrN3O3. The first-order valence-corrected chi connectivity index (χ1v) is 11.2. The number of para-hydroxylation sites is 1. The van der Waals surface area contributed by atoms with Crippen LogP contribution in [0.3, 0.4) is 0 Å². The Balaban J connectivity index is 1.71. The molecule has 32 heavy (non-hydrogen) atoms. The lowest BCUT2D eigenvalue weighted by atomic mass is 10.1. The number of aromatic nitrogens is 1. The zero-order chi connectivity index (χ0) is 23.1. The Morgan fingerprint density at radius 1 is 1.34 bits per heavy atom. The quantitative estimate of drug-likeness (QED) is 0.308. The van der Waals surface area contributed by atoms with E-state index < -0.39 is 5.91 Å². The minimum Gasteiger partial charge on any atom is -0.493 e. The van der Waals surface area contributed by atoms with Crippen molar-refractivity contribution >= 4 is 38.8 Å². The number of carbonyl (C=O) groups is 1. The zero-order valence-electron chi connectivity index (χ0n) is 18.4. The summed E-state index contributed by atoms with van der Waals surface area (Å²) >= 11 is 3.51. The van der Waals surface area contributed by atoms with E-state index >= 15 is 0 Å². The van der Waals surface area contributed by atoms with Gasteiger partial charge in [0.2, 0.25) is 0 Å². The van der Waals surface area contributed by atoms with Crippen LogP contribution >= 0.6 is 15.9 Å². The van der Waals surface area contributed by atoms with Gasteiger partial charge in [-0.05, 0) is 71.1 Å². The number of H-pyrrole nitrogens is 1. The first-order valence-electron chi connectivity index (χ1n) is 10.5. The van der Waals surface area contributed by atoms with Gasteiger partial charge in [0.1, 0.15) is 11.6 Å². The van der Waals surface area contributed by atoms with Gasteiger partial charge in [-0.25, -0.2) is 0 Å². The van der Waals surface area contributed by atoms with Crippen molar-refractivity contribution in [2.24, 2.45) is 0 Å². The van der Waals surface area contributed by atoms with Crippen molar-refractivity contribution in [3.8, 4) is 17.6 Å². The van der Waals surface area contributed by atoms with Crippen molar-refractivity contribution in [2.45, 2.75) is 32.8 Å². The third-order valence-electron chi connectivity index (χ3n) is 5.18. The highest BCUT2D eigenvalue weighted by Gasteiger charge is 2.15. The minimum atomic E-state index is -0.414. The van der Waals surface area contributed by atoms with Gasteiger partial charge in [-0.1, -0.05) is 25.1 Å². The summed E-state index contributed by atoms with van der Waals surface area (Å²) in [6, 6.07) is 13.6. The highest BCUT2D eigenvalue weighted by Crippen LogP contribution is 2.38. The number of aromatic amines is 1. The number of rotatable bonds is 9. The van der Waals surface area contributed by atoms with Gasteiger partial charge in [-0.15, -0.1) is 0 Å². The van der Waals surface area contributed by atoms with E-state index in [0.717, 1.165) is 22.9 Å². The maximum Gasteiger partial charge on any atom is 0.261 e. The third-order valence-corrected chi connectivity index (χ3v) is 5.77. The molecular weight excluding hydrogens is 470 g/mol. The smallest absolute Gasteiger partial charge is 0.261 e. The maximum absolute atomic E-state index is 12.6. The van der Waals surface area contributed by atoms with Gasteiger partial charge in [0.15, 0.2) is 11.5 Å². The van der Waals surface area contributed by atoms with Crippen LogP contribution in [0.4, 0.5) is 0 Å². The van der Waals surface area contributed by atoms with Crippen LogP contribution in [0.2, 0.25) is 0 Å². The topological polar surface area (TPSA) is 87.1 Å². The molecule has 0 unspecified atom stereocenters. The number of ether oxygens (including phenoxy) is 2. The van der Waals surface area contributed by atoms with Gasteiger partial charge < -0.3 is 19.8 Å². The zero-order valence-corrected chi connectivity index (χ0v) is 20.0. The average Bonchev–Trinajstić information content (AvgIpc) is 3.21. The monoisotopic (exact) mass is 495 g/mol. The highest BCUT2D eigenvalue weighted by molar-refractivity contribution is 9.10. The molecule has 0 aliphatic heterocycles. The number of methoxy groups -OCH3 is 1. The normalized spacial score (nSPS) is 12.3. The van der Waals surface area contributed by atoms with Crippen molar-refractivity contribution in [3.63, 3.8) is 0 Å². The first kappa shape index (κ1) is 23.4. The Hall–Kier alpha value is -3.24. The number of fused-ring (bicyclic) bond motifs is 1. The van der Waals surface area contributed by atoms with Gasteiger partial charge in [-0.2, -0.15) is 5.26 Å². The molecule has 0 bridgehead atoms. The largest absolute Gasteiger partial charge is 0.493 e. The molecule has 3 rings (SSSR count). The molecule has 7 heteroatoms. The number of halogens is 1. The van der Waals surface area contributed by atoms with Crippen LogP contribution in [-0.4, -0.2) is 30.6 Å². The summed E-state index contributed by atoms with van der Waals surface area (Å²) in [6.07, 6.45) is 5.04. The fourth-order valence-corrected chi connectivity index (χ4v) is 3.83. The molecule has 2 aromatic carbocycles. The van der Waals surface area contributed by atoms with Crippen molar-refractivity contribution in [2.75, 3.05) is 13.7 Å². The van der Waals surface area contributed by atoms with E-state index in [2.05, 4.69) is 26.2 Å². The predicted molar refractivity (Wildman–Crippen MR) is 130 cm³/mol. The highest BCUT2D eigenvalue weighted by atomic mass is 79.9. The summed E-state index contributed by atoms with van der Waals surface area (Å²) in [6.45, 7) is 4.45. The molecule has 1 atom stereocenters. The van der Waals surface area contributed by atoms with E-state index in [0.29, 0.717) is 34.5 Å². The van der Waals surface area contributed by atoms with Gasteiger partial charge in [0, 0.05) is 23.6 Å². The molecule has 0 fully saturated rings. The summed E-state index contributed by atoms with van der Waals surface area (Å²) < 4.78 is 12.1. The number of hydrogen-bond acceptors (Lipinski definition) is 4. The van der Waals surface area contributed by atoms with Crippen LogP contribution in [-0.2, 0) is 11.2 Å². The van der Waals surface area contributed by atoms with Crippen LogP contribution < -0.4 is 14.8 Å². The predicted octanol–water partition coefficient (Wildman–Crippen LogP) is 5.38. The molecule has 0 saturated heterocycles. The van der Waals surface area contributed by atoms with Gasteiger partial charge >= 0.3 is 0 Å². The summed E-state index contributed by atoms with van der Waals surface area (Å²) in [7, 11) is 1.56. The van der Waals surface area contributed by atoms with Crippen molar-refractivity contribution in [1.29, 1.82) is 5.26 Å². The second-order valence-corrected chi connectivity index (χ2v) is 8.26. The SMILES string of the molecule is CC[C@@H](C)Oc1c(Br)cc(/C=C(/C#N)C(=O)NCCc2c[nH]c3ccccc23)cc1OC. The Bertz CT molecular complexity index is 1180. The minimum absolute atomic E-state index is 0.0217. The summed E-state index contributed by atoms with van der Waals surface area (Å²) in [5.41, 5.74) is 2.86. The van der Waals surface area contributed by atoms with Crippen LogP contribution in [0.25, 0.3) is 17.0 Å². The number of hydrogen-bond donors (Lipinski definition) is 2. The van der Waals surface area contributed by atoms with Crippen LogP contribution in [0.1, 0.15) is 31.4 Å². The average molecular weight is 496 g/mol. The molecule has 0 spiro atoms. The summed E-state index contributed by atoms with van der Waals surface area (Å²) in [4.78, 5) is 15.8. The number of benzene rings is 2. The molecule has 166 valence electrons. The Morgan fingerprint density at radius 3 is 2.84 bits per heavy atom. The van der Waals surface area contributed by atoms with Crippen LogP contribution in [0.5, 0.6) is 11.5 Å². The number of nitrogens with one attached hydrogen (secondary N) is 2. The number of nitrogens with zero attached hydrogens (tertiary/aromatic N) is 1. The number of amides is 1. The number of nitriles is 1.